The summed E-state index contributed by atoms with van der Waals surface area (Å²) in [5, 5.41) is 10.0. The van der Waals surface area contributed by atoms with Gasteiger partial charge in [-0.2, -0.15) is 0 Å². The molecule has 2 aromatic rings. The van der Waals surface area contributed by atoms with Gasteiger partial charge in [0.15, 0.2) is 5.76 Å². The number of hydrogen-bond acceptors (Lipinski definition) is 3. The second-order valence-electron chi connectivity index (χ2n) is 3.62. The molecule has 1 aromatic carbocycles. The van der Waals surface area contributed by atoms with Crippen molar-refractivity contribution in [2.75, 3.05) is 0 Å². The summed E-state index contributed by atoms with van der Waals surface area (Å²) in [6.07, 6.45) is -0.537. The quantitative estimate of drug-likeness (QED) is 0.781. The zero-order valence-corrected chi connectivity index (χ0v) is 8.43. The van der Waals surface area contributed by atoms with Crippen LogP contribution in [-0.2, 0) is 0 Å². The number of para-hydroxylation sites is 1. The van der Waals surface area contributed by atoms with Crippen LogP contribution >= 0.6 is 0 Å². The van der Waals surface area contributed by atoms with Crippen LogP contribution in [0.25, 0.3) is 11.0 Å². The fraction of sp³-hybridized carbons (Fsp3) is 0.250. The smallest absolute Gasteiger partial charge is 0.200 e. The highest BCUT2D eigenvalue weighted by molar-refractivity contribution is 5.97. The van der Waals surface area contributed by atoms with Crippen molar-refractivity contribution < 1.29 is 14.3 Å². The second kappa shape index (κ2) is 3.87. The standard InChI is InChI=1S/C12H12O3/c1-8(13)6-10(14)12-7-9-4-2-3-5-11(9)15-12/h2-5,7-8,13H,6H2,1H3. The Morgan fingerprint density at radius 1 is 1.47 bits per heavy atom. The first-order chi connectivity index (χ1) is 7.16. The number of carbonyl (C=O) groups is 1. The van der Waals surface area contributed by atoms with E-state index >= 15 is 0 Å². The molecule has 0 saturated heterocycles. The van der Waals surface area contributed by atoms with Gasteiger partial charge in [-0.1, -0.05) is 18.2 Å². The first-order valence-electron chi connectivity index (χ1n) is 4.86. The molecular formula is C12H12O3. The Morgan fingerprint density at radius 3 is 2.87 bits per heavy atom. The molecule has 0 amide bonds. The Balaban J connectivity index is 2.32. The third-order valence-corrected chi connectivity index (χ3v) is 2.18. The average molecular weight is 204 g/mol. The molecular weight excluding hydrogens is 192 g/mol. The van der Waals surface area contributed by atoms with Gasteiger partial charge in [-0.15, -0.1) is 0 Å². The van der Waals surface area contributed by atoms with Crippen LogP contribution in [0.4, 0.5) is 0 Å². The number of Topliss-reactive ketones (excluding diaryl/α,β-unsaturated/α-hetero) is 1. The highest BCUT2D eigenvalue weighted by atomic mass is 16.3. The van der Waals surface area contributed by atoms with Crippen LogP contribution in [-0.4, -0.2) is 17.0 Å². The number of fused-ring (bicyclic) bond motifs is 1. The van der Waals surface area contributed by atoms with Gasteiger partial charge in [-0.3, -0.25) is 4.79 Å². The number of aliphatic hydroxyl groups excluding tert-OH is 1. The van der Waals surface area contributed by atoms with E-state index in [1.165, 1.54) is 0 Å². The van der Waals surface area contributed by atoms with Crippen molar-refractivity contribution in [1.29, 1.82) is 0 Å². The normalized spacial score (nSPS) is 12.9. The Kier molecular flexibility index (Phi) is 2.56. The zero-order valence-electron chi connectivity index (χ0n) is 8.43. The lowest BCUT2D eigenvalue weighted by molar-refractivity contribution is 0.0876. The predicted molar refractivity (Wildman–Crippen MR) is 56.8 cm³/mol. The maximum absolute atomic E-state index is 11.6. The number of furan rings is 1. The Hall–Kier alpha value is -1.61. The highest BCUT2D eigenvalue weighted by Crippen LogP contribution is 2.20. The van der Waals surface area contributed by atoms with E-state index in [0.29, 0.717) is 11.3 Å². The first-order valence-corrected chi connectivity index (χ1v) is 4.86. The van der Waals surface area contributed by atoms with Crippen molar-refractivity contribution in [3.63, 3.8) is 0 Å². The van der Waals surface area contributed by atoms with Crippen LogP contribution in [0.2, 0.25) is 0 Å². The topological polar surface area (TPSA) is 50.4 Å². The van der Waals surface area contributed by atoms with Crippen LogP contribution in [0.1, 0.15) is 23.9 Å². The molecule has 1 unspecified atom stereocenters. The molecule has 78 valence electrons. The van der Waals surface area contributed by atoms with Gasteiger partial charge in [0.05, 0.1) is 6.10 Å². The van der Waals surface area contributed by atoms with Crippen LogP contribution in [0.15, 0.2) is 34.7 Å². The summed E-state index contributed by atoms with van der Waals surface area (Å²) < 4.78 is 5.37. The van der Waals surface area contributed by atoms with Crippen molar-refractivity contribution in [1.82, 2.24) is 0 Å². The fourth-order valence-electron chi connectivity index (χ4n) is 1.49. The van der Waals surface area contributed by atoms with E-state index in [4.69, 9.17) is 9.52 Å². The molecule has 1 aromatic heterocycles. The van der Waals surface area contributed by atoms with Crippen LogP contribution in [0, 0.1) is 0 Å². The van der Waals surface area contributed by atoms with Crippen LogP contribution in [0.3, 0.4) is 0 Å². The minimum atomic E-state index is -0.634. The molecule has 0 spiro atoms. The molecule has 2 rings (SSSR count). The average Bonchev–Trinajstić information content (AvgIpc) is 2.59. The summed E-state index contributed by atoms with van der Waals surface area (Å²) in [6.45, 7) is 1.58. The molecule has 1 N–H and O–H groups in total. The molecule has 0 aliphatic heterocycles. The summed E-state index contributed by atoms with van der Waals surface area (Å²) in [6, 6.07) is 9.15. The van der Waals surface area contributed by atoms with E-state index in [2.05, 4.69) is 0 Å². The van der Waals surface area contributed by atoms with E-state index in [9.17, 15) is 4.79 Å². The Labute approximate surface area is 87.3 Å². The number of benzene rings is 1. The molecule has 1 heterocycles. The maximum Gasteiger partial charge on any atom is 0.200 e. The minimum absolute atomic E-state index is 0.0970. The largest absolute Gasteiger partial charge is 0.453 e. The number of aliphatic hydroxyl groups is 1. The van der Waals surface area contributed by atoms with Crippen molar-refractivity contribution in [2.45, 2.75) is 19.4 Å². The van der Waals surface area contributed by atoms with Gasteiger partial charge >= 0.3 is 0 Å². The maximum atomic E-state index is 11.6. The Morgan fingerprint density at radius 2 is 2.20 bits per heavy atom. The van der Waals surface area contributed by atoms with E-state index in [1.807, 2.05) is 24.3 Å². The molecule has 3 heteroatoms. The molecule has 15 heavy (non-hydrogen) atoms. The van der Waals surface area contributed by atoms with Gasteiger partial charge < -0.3 is 9.52 Å². The minimum Gasteiger partial charge on any atom is -0.453 e. The summed E-state index contributed by atoms with van der Waals surface area (Å²) in [5.41, 5.74) is 0.700. The van der Waals surface area contributed by atoms with Crippen molar-refractivity contribution in [3.05, 3.63) is 36.1 Å². The number of rotatable bonds is 3. The molecule has 0 radical (unpaired) electrons. The van der Waals surface area contributed by atoms with Gasteiger partial charge in [-0.25, -0.2) is 0 Å². The van der Waals surface area contributed by atoms with Gasteiger partial charge in [-0.05, 0) is 19.1 Å². The molecule has 0 saturated carbocycles. The Bertz CT molecular complexity index is 449. The van der Waals surface area contributed by atoms with Crippen molar-refractivity contribution in [2.24, 2.45) is 0 Å². The van der Waals surface area contributed by atoms with Crippen LogP contribution in [0.5, 0.6) is 0 Å². The van der Waals surface area contributed by atoms with Gasteiger partial charge in [0, 0.05) is 11.8 Å². The third-order valence-electron chi connectivity index (χ3n) is 2.18. The number of hydrogen-bond donors (Lipinski definition) is 1. The zero-order chi connectivity index (χ0) is 10.8. The van der Waals surface area contributed by atoms with Gasteiger partial charge in [0.25, 0.3) is 0 Å². The van der Waals surface area contributed by atoms with Crippen LogP contribution < -0.4 is 0 Å². The second-order valence-corrected chi connectivity index (χ2v) is 3.62. The highest BCUT2D eigenvalue weighted by Gasteiger charge is 2.13. The summed E-state index contributed by atoms with van der Waals surface area (Å²) in [5.74, 6) is 0.151. The van der Waals surface area contributed by atoms with Gasteiger partial charge in [0.1, 0.15) is 5.58 Å². The molecule has 0 aliphatic rings. The summed E-state index contributed by atoms with van der Waals surface area (Å²) in [4.78, 5) is 11.6. The monoisotopic (exact) mass is 204 g/mol. The van der Waals surface area contributed by atoms with Crippen molar-refractivity contribution in [3.8, 4) is 0 Å². The number of ketones is 1. The number of carbonyl (C=O) groups excluding carboxylic acids is 1. The van der Waals surface area contributed by atoms with E-state index in [0.717, 1.165) is 5.39 Å². The summed E-state index contributed by atoms with van der Waals surface area (Å²) in [7, 11) is 0. The third kappa shape index (κ3) is 2.07. The SMILES string of the molecule is CC(O)CC(=O)c1cc2ccccc2o1. The predicted octanol–water partition coefficient (Wildman–Crippen LogP) is 2.39. The molecule has 0 aliphatic carbocycles. The molecule has 0 bridgehead atoms. The first kappa shape index (κ1) is 9.93. The van der Waals surface area contributed by atoms with Gasteiger partial charge in [0.2, 0.25) is 5.78 Å². The lowest BCUT2D eigenvalue weighted by Crippen LogP contribution is -2.08. The van der Waals surface area contributed by atoms with Crippen molar-refractivity contribution >= 4 is 16.8 Å². The summed E-state index contributed by atoms with van der Waals surface area (Å²) >= 11 is 0. The van der Waals surface area contributed by atoms with E-state index in [-0.39, 0.29) is 12.2 Å². The van der Waals surface area contributed by atoms with E-state index in [1.54, 1.807) is 13.0 Å². The lowest BCUT2D eigenvalue weighted by atomic mass is 10.1. The molecule has 1 atom stereocenters. The molecule has 3 nitrogen and oxygen atoms in total. The van der Waals surface area contributed by atoms with E-state index < -0.39 is 6.10 Å². The molecule has 0 fully saturated rings. The fourth-order valence-corrected chi connectivity index (χ4v) is 1.49. The lowest BCUT2D eigenvalue weighted by Gasteiger charge is -1.99.